The molecule has 10 nitrogen and oxygen atoms in total. The Morgan fingerprint density at radius 2 is 0.618 bits per heavy atom. The average Bonchev–Trinajstić information content (AvgIpc) is 1.54. The molecule has 9 aromatic heterocycles. The molecule has 32 aromatic rings. The van der Waals surface area contributed by atoms with Crippen molar-refractivity contribution in [2.75, 3.05) is 0 Å². The number of furan rings is 3. The van der Waals surface area contributed by atoms with E-state index in [1.165, 1.54) is 94.5 Å². The molecular weight excluding hydrogens is 1800 g/mol. The second kappa shape index (κ2) is 32.4. The van der Waals surface area contributed by atoms with E-state index in [-0.39, 0.29) is 0 Å². The second-order valence-corrected chi connectivity index (χ2v) is 39.3. The van der Waals surface area contributed by atoms with Gasteiger partial charge in [0, 0.05) is 133 Å². The van der Waals surface area contributed by atoms with Gasteiger partial charge in [-0.1, -0.05) is 328 Å². The van der Waals surface area contributed by atoms with Crippen LogP contribution in [-0.2, 0) is 0 Å². The summed E-state index contributed by atoms with van der Waals surface area (Å²) in [5, 5.41) is 30.8. The van der Waals surface area contributed by atoms with Crippen LogP contribution in [0.15, 0.2) is 468 Å². The first kappa shape index (κ1) is 81.3. The van der Waals surface area contributed by atoms with Crippen LogP contribution in [0.5, 0.6) is 0 Å². The normalized spacial score (nSPS) is 12.0. The molecule has 32 rings (SSSR count). The minimum atomic E-state index is 0.665. The van der Waals surface area contributed by atoms with E-state index in [2.05, 4.69) is 447 Å². The molecule has 0 atom stereocenters. The molecule has 0 aliphatic rings. The molecule has 0 radical (unpaired) electrons. The van der Waals surface area contributed by atoms with E-state index in [0.717, 1.165) is 198 Å². The molecule has 0 bridgehead atoms. The van der Waals surface area contributed by atoms with Gasteiger partial charge < -0.3 is 17.8 Å². The third kappa shape index (κ3) is 13.0. The zero-order chi connectivity index (χ0) is 94.3. The van der Waals surface area contributed by atoms with Crippen molar-refractivity contribution in [2.24, 2.45) is 0 Å². The monoisotopic (exact) mass is 1870 g/mol. The zero-order valence-corrected chi connectivity index (χ0v) is 78.6. The number of aromatic nitrogens is 7. The highest BCUT2D eigenvalue weighted by Crippen LogP contribution is 2.50. The van der Waals surface area contributed by atoms with E-state index < -0.39 is 0 Å². The number of benzene rings is 23. The SMILES string of the molecule is c1cc(-c2ccc3sc4ccccc4c3c2)cc(-c2nc(-c3ccc4ccccc4c3)c3ccc4oc5c6ccccc6ccc5c4c3n2)c1.c1ccc(-n2c3ccccc3c3cc(-c4nc(-c5cccc6ccccc56)c5ccc6oc7c8ccccc8ccc7c6c5n4)ccc32)cc1.c1ccc2c(-c3nc(-c4cccc5c4oc4ccccc45)nc4c3ccc3sc5c6ccccc6ccc5c34)cccc2c1. The molecule has 668 valence electrons. The molecule has 0 amide bonds. The molecule has 23 aromatic carbocycles. The number of rotatable bonds is 8. The Bertz CT molecular complexity index is 11100. The Kier molecular flexibility index (Phi) is 18.3. The van der Waals surface area contributed by atoms with Crippen molar-refractivity contribution in [3.05, 3.63) is 455 Å². The van der Waals surface area contributed by atoms with Crippen molar-refractivity contribution >= 4 is 248 Å². The molecule has 0 fully saturated rings. The third-order valence-corrected chi connectivity index (χ3v) is 31.5. The van der Waals surface area contributed by atoms with Gasteiger partial charge in [-0.15, -0.1) is 22.7 Å². The molecule has 0 saturated heterocycles. The maximum Gasteiger partial charge on any atom is 0.164 e. The Labute approximate surface area is 829 Å². The van der Waals surface area contributed by atoms with Crippen LogP contribution in [0, 0.1) is 0 Å². The molecule has 0 unspecified atom stereocenters. The first-order chi connectivity index (χ1) is 71.4. The lowest BCUT2D eigenvalue weighted by atomic mass is 9.97. The van der Waals surface area contributed by atoms with Crippen LogP contribution in [0.3, 0.4) is 0 Å². The number of hydrogen-bond acceptors (Lipinski definition) is 11. The highest BCUT2D eigenvalue weighted by Gasteiger charge is 2.27. The van der Waals surface area contributed by atoms with Gasteiger partial charge in [0.15, 0.2) is 17.5 Å². The first-order valence-electron chi connectivity index (χ1n) is 48.5. The molecule has 0 aliphatic heterocycles. The van der Waals surface area contributed by atoms with Crippen LogP contribution >= 0.6 is 22.7 Å². The second-order valence-electron chi connectivity index (χ2n) is 37.2. The Morgan fingerprint density at radius 3 is 1.31 bits per heavy atom. The minimum Gasteiger partial charge on any atom is -0.455 e. The van der Waals surface area contributed by atoms with E-state index in [1.54, 1.807) is 0 Å². The summed E-state index contributed by atoms with van der Waals surface area (Å²) in [5.74, 6) is 2.03. The predicted octanol–water partition coefficient (Wildman–Crippen LogP) is 37.0. The maximum absolute atomic E-state index is 6.62. The first-order valence-corrected chi connectivity index (χ1v) is 50.1. The van der Waals surface area contributed by atoms with E-state index in [4.69, 9.17) is 43.2 Å². The fourth-order valence-electron chi connectivity index (χ4n) is 22.4. The van der Waals surface area contributed by atoms with E-state index in [1.807, 2.05) is 34.8 Å². The molecule has 12 heteroatoms. The number of nitrogens with zero attached hydrogens (tertiary/aromatic N) is 7. The lowest BCUT2D eigenvalue weighted by molar-refractivity contribution is 0.669. The Hall–Kier alpha value is -18.7. The molecule has 0 N–H and O–H groups in total. The summed E-state index contributed by atoms with van der Waals surface area (Å²) >= 11 is 3.68. The van der Waals surface area contributed by atoms with Crippen LogP contribution < -0.4 is 0 Å². The van der Waals surface area contributed by atoms with E-state index in [0.29, 0.717) is 17.5 Å². The van der Waals surface area contributed by atoms with Gasteiger partial charge in [-0.05, 0) is 192 Å². The van der Waals surface area contributed by atoms with Crippen LogP contribution in [0.4, 0.5) is 0 Å². The van der Waals surface area contributed by atoms with Gasteiger partial charge in [0.2, 0.25) is 0 Å². The van der Waals surface area contributed by atoms with Crippen molar-refractivity contribution in [1.29, 1.82) is 0 Å². The summed E-state index contributed by atoms with van der Waals surface area (Å²) < 4.78 is 27.2. The van der Waals surface area contributed by atoms with Crippen molar-refractivity contribution < 1.29 is 13.3 Å². The van der Waals surface area contributed by atoms with Crippen molar-refractivity contribution in [2.45, 2.75) is 0 Å². The molecule has 144 heavy (non-hydrogen) atoms. The highest BCUT2D eigenvalue weighted by atomic mass is 32.1. The van der Waals surface area contributed by atoms with Gasteiger partial charge in [0.05, 0.1) is 61.0 Å². The van der Waals surface area contributed by atoms with Crippen molar-refractivity contribution in [1.82, 2.24) is 34.5 Å². The summed E-state index contributed by atoms with van der Waals surface area (Å²) in [4.78, 5) is 32.3. The fraction of sp³-hybridized carbons (Fsp3) is 0. The van der Waals surface area contributed by atoms with Gasteiger partial charge in [-0.2, -0.15) is 0 Å². The highest BCUT2D eigenvalue weighted by molar-refractivity contribution is 7.27. The largest absolute Gasteiger partial charge is 0.455 e. The molecule has 0 spiro atoms. The maximum atomic E-state index is 6.62. The standard InChI is InChI=1S/C46H27N3O.C46H26N2OS.C40H22N2OS/c1-2-14-31(15-3-1)49-39-20-9-8-18-34(39)38-27-30(22-25-40(38)49)46-47-43(35-19-10-13-28-11-4-6-16-32(28)35)37-24-26-41-42(44(37)48-46)36-23-21-29-12-5-7-17-33(29)45(36)50-41;1-2-10-29-24-32(17-16-27(29)8-1)43-37-21-22-39-42(36-20-18-28-9-3-4-13-34(28)45(36)49-39)44(37)48-46(47-43)33-12-7-11-30(25-33)31-19-23-41-38(26-31)35-14-5-6-15-40(35)50-41;1-3-12-25-23(9-1)11-7-15-28(25)36-31-21-22-34-35(30-20-19-24-10-2-4-13-26(24)39(30)44-34)37(31)42-40(41-36)32-17-8-16-29-27-14-5-6-18-33(27)43-38(29)32/h1-27H;1-26H;1-22H. The molecular formula is C132H75N7O3S2. The topological polar surface area (TPSA) is 122 Å². The van der Waals surface area contributed by atoms with Crippen LogP contribution in [-0.4, -0.2) is 34.5 Å². The Balaban J connectivity index is 0.000000101. The zero-order valence-electron chi connectivity index (χ0n) is 77.0. The summed E-state index contributed by atoms with van der Waals surface area (Å²) in [6.45, 7) is 0. The summed E-state index contributed by atoms with van der Waals surface area (Å²) in [5.41, 5.74) is 22.4. The van der Waals surface area contributed by atoms with Gasteiger partial charge >= 0.3 is 0 Å². The number of thiophene rings is 2. The van der Waals surface area contributed by atoms with Gasteiger partial charge in [-0.25, -0.2) is 29.9 Å². The van der Waals surface area contributed by atoms with Gasteiger partial charge in [0.1, 0.15) is 33.5 Å². The summed E-state index contributed by atoms with van der Waals surface area (Å²) in [7, 11) is 0. The van der Waals surface area contributed by atoms with E-state index >= 15 is 0 Å². The number of fused-ring (bicyclic) bond motifs is 33. The lowest BCUT2D eigenvalue weighted by Crippen LogP contribution is -1.97. The van der Waals surface area contributed by atoms with Crippen molar-refractivity contribution in [3.8, 4) is 84.7 Å². The van der Waals surface area contributed by atoms with Crippen LogP contribution in [0.2, 0.25) is 0 Å². The molecule has 0 saturated carbocycles. The van der Waals surface area contributed by atoms with Gasteiger partial charge in [-0.3, -0.25) is 0 Å². The quantitative estimate of drug-likeness (QED) is 0.146. The smallest absolute Gasteiger partial charge is 0.164 e. The predicted molar refractivity (Wildman–Crippen MR) is 604 cm³/mol. The molecule has 9 heterocycles. The average molecular weight is 1870 g/mol. The van der Waals surface area contributed by atoms with Crippen LogP contribution in [0.1, 0.15) is 0 Å². The molecule has 0 aliphatic carbocycles. The summed E-state index contributed by atoms with van der Waals surface area (Å²) in [6, 6.07) is 161. The lowest BCUT2D eigenvalue weighted by Gasteiger charge is -2.13. The fourth-order valence-corrected chi connectivity index (χ4v) is 24.7. The summed E-state index contributed by atoms with van der Waals surface area (Å²) in [6.07, 6.45) is 0. The van der Waals surface area contributed by atoms with E-state index in [9.17, 15) is 0 Å². The number of hydrogen-bond donors (Lipinski definition) is 0. The van der Waals surface area contributed by atoms with Gasteiger partial charge in [0.25, 0.3) is 0 Å². The Morgan fingerprint density at radius 1 is 0.188 bits per heavy atom. The van der Waals surface area contributed by atoms with Crippen LogP contribution in [0.25, 0.3) is 310 Å². The van der Waals surface area contributed by atoms with Crippen molar-refractivity contribution in [3.63, 3.8) is 0 Å². The third-order valence-electron chi connectivity index (χ3n) is 29.1. The minimum absolute atomic E-state index is 0.665. The number of para-hydroxylation sites is 4.